The summed E-state index contributed by atoms with van der Waals surface area (Å²) in [5, 5.41) is 5.58. The summed E-state index contributed by atoms with van der Waals surface area (Å²) < 4.78 is 0. The van der Waals surface area contributed by atoms with Gasteiger partial charge in [-0.2, -0.15) is 0 Å². The third-order valence-corrected chi connectivity index (χ3v) is 21.5. The fourth-order valence-corrected chi connectivity index (χ4v) is 16.6. The van der Waals surface area contributed by atoms with E-state index in [0.717, 1.165) is 33.6 Å². The Morgan fingerprint density at radius 3 is 0.926 bits per heavy atom. The maximum absolute atomic E-state index is 15.0. The summed E-state index contributed by atoms with van der Waals surface area (Å²) >= 11 is 0. The molecule has 0 atom stereocenters. The second-order valence-electron chi connectivity index (χ2n) is 19.4. The minimum atomic E-state index is -1.97. The molecule has 11 rings (SSSR count). The van der Waals surface area contributed by atoms with E-state index < -0.39 is 16.1 Å². The molecule has 9 aromatic rings. The molecule has 0 amide bonds. The Kier molecular flexibility index (Phi) is 10.5. The molecule has 6 heteroatoms. The van der Waals surface area contributed by atoms with Crippen molar-refractivity contribution in [2.75, 3.05) is 9.80 Å². The summed E-state index contributed by atoms with van der Waals surface area (Å²) in [7, 11) is -3.93. The molecule has 0 radical (unpaired) electrons. The summed E-state index contributed by atoms with van der Waals surface area (Å²) in [6, 6.07) is 71.6. The Labute approximate surface area is 401 Å². The van der Waals surface area contributed by atoms with Gasteiger partial charge in [0, 0.05) is 56.4 Å². The number of nitrogens with zero attached hydrogens (tertiary/aromatic N) is 2. The highest BCUT2D eigenvalue weighted by Crippen LogP contribution is 2.43. The van der Waals surface area contributed by atoms with E-state index in [2.05, 4.69) is 182 Å². The standard InChI is InChI=1S/C62H52N2O2Si2/c1-41-23-27-45(28-24-41)61(65)51-39-50(44-33-37-48(38-34-44)64-55-17-9-13-21-59(55)68(5,6)60-22-14-10-18-56(60)64)52(62(66)46-29-25-42(2)26-30-46)40-49(51)43-31-35-47(36-32-43)63-53-15-7-11-19-57(53)67(3,4)58-20-12-8-16-54(58)63/h7-40H,1-6H3. The van der Waals surface area contributed by atoms with Crippen molar-refractivity contribution in [2.45, 2.75) is 40.0 Å². The van der Waals surface area contributed by atoms with Crippen LogP contribution < -0.4 is 30.5 Å². The molecule has 0 saturated heterocycles. The fourth-order valence-electron chi connectivity index (χ4n) is 10.6. The van der Waals surface area contributed by atoms with Crippen LogP contribution in [0.3, 0.4) is 0 Å². The number of hydrogen-bond acceptors (Lipinski definition) is 4. The Bertz CT molecular complexity index is 3120. The molecule has 0 unspecified atom stereocenters. The molecular weight excluding hydrogens is 861 g/mol. The lowest BCUT2D eigenvalue weighted by atomic mass is 9.85. The van der Waals surface area contributed by atoms with Gasteiger partial charge in [0.25, 0.3) is 0 Å². The van der Waals surface area contributed by atoms with E-state index in [9.17, 15) is 0 Å². The first-order valence-electron chi connectivity index (χ1n) is 23.5. The largest absolute Gasteiger partial charge is 0.311 e. The zero-order valence-electron chi connectivity index (χ0n) is 39.3. The maximum atomic E-state index is 15.0. The van der Waals surface area contributed by atoms with Gasteiger partial charge < -0.3 is 9.80 Å². The number of aryl methyl sites for hydroxylation is 2. The van der Waals surface area contributed by atoms with Crippen molar-refractivity contribution in [3.05, 3.63) is 240 Å². The summed E-state index contributed by atoms with van der Waals surface area (Å²) in [6.45, 7) is 13.8. The van der Waals surface area contributed by atoms with Crippen LogP contribution in [0.15, 0.2) is 206 Å². The molecule has 0 saturated carbocycles. The van der Waals surface area contributed by atoms with Gasteiger partial charge in [0.05, 0.1) is 0 Å². The number of ketones is 2. The number of anilines is 6. The van der Waals surface area contributed by atoms with Crippen LogP contribution in [0.1, 0.15) is 43.0 Å². The van der Waals surface area contributed by atoms with Crippen molar-refractivity contribution in [1.29, 1.82) is 0 Å². The van der Waals surface area contributed by atoms with Crippen LogP contribution in [0, 0.1) is 13.8 Å². The Balaban J connectivity index is 1.07. The van der Waals surface area contributed by atoms with Gasteiger partial charge >= 0.3 is 0 Å². The number of para-hydroxylation sites is 4. The first-order valence-corrected chi connectivity index (χ1v) is 29.5. The number of hydrogen-bond donors (Lipinski definition) is 0. The van der Waals surface area contributed by atoms with E-state index in [1.165, 1.54) is 43.5 Å². The van der Waals surface area contributed by atoms with Crippen LogP contribution in [0.5, 0.6) is 0 Å². The van der Waals surface area contributed by atoms with Crippen molar-refractivity contribution in [3.63, 3.8) is 0 Å². The normalized spacial score (nSPS) is 14.0. The molecular formula is C62H52N2O2Si2. The highest BCUT2D eigenvalue weighted by atomic mass is 28.3. The van der Waals surface area contributed by atoms with Crippen LogP contribution in [-0.2, 0) is 0 Å². The predicted molar refractivity (Wildman–Crippen MR) is 289 cm³/mol. The molecule has 330 valence electrons. The van der Waals surface area contributed by atoms with Crippen molar-refractivity contribution < 1.29 is 9.59 Å². The lowest BCUT2D eigenvalue weighted by Gasteiger charge is -2.41. The molecule has 68 heavy (non-hydrogen) atoms. The second kappa shape index (κ2) is 16.6. The number of benzene rings is 9. The molecule has 2 aliphatic rings. The minimum Gasteiger partial charge on any atom is -0.311 e. The van der Waals surface area contributed by atoms with Crippen LogP contribution in [-0.4, -0.2) is 27.7 Å². The van der Waals surface area contributed by atoms with Gasteiger partial charge in [-0.05, 0) is 118 Å². The second-order valence-corrected chi connectivity index (χ2v) is 28.1. The highest BCUT2D eigenvalue weighted by Gasteiger charge is 2.39. The van der Waals surface area contributed by atoms with Gasteiger partial charge in [0.2, 0.25) is 0 Å². The molecule has 2 heterocycles. The lowest BCUT2D eigenvalue weighted by molar-refractivity contribution is 0.102. The zero-order chi connectivity index (χ0) is 46.9. The van der Waals surface area contributed by atoms with Gasteiger partial charge in [-0.3, -0.25) is 9.59 Å². The van der Waals surface area contributed by atoms with Crippen molar-refractivity contribution >= 4 is 82.6 Å². The molecule has 0 spiro atoms. The quantitative estimate of drug-likeness (QED) is 0.112. The summed E-state index contributed by atoms with van der Waals surface area (Å²) in [4.78, 5) is 34.8. The van der Waals surface area contributed by atoms with Crippen molar-refractivity contribution in [2.24, 2.45) is 0 Å². The van der Waals surface area contributed by atoms with Gasteiger partial charge in [0.1, 0.15) is 16.1 Å². The minimum absolute atomic E-state index is 0.101. The smallest absolute Gasteiger partial charge is 0.193 e. The molecule has 0 bridgehead atoms. The number of carbonyl (C=O) groups excluding carboxylic acids is 2. The summed E-state index contributed by atoms with van der Waals surface area (Å²) in [5.41, 5.74) is 14.4. The van der Waals surface area contributed by atoms with E-state index in [0.29, 0.717) is 33.4 Å². The molecule has 4 nitrogen and oxygen atoms in total. The zero-order valence-corrected chi connectivity index (χ0v) is 41.3. The average molecular weight is 913 g/mol. The summed E-state index contributed by atoms with van der Waals surface area (Å²) in [5.74, 6) is -0.202. The van der Waals surface area contributed by atoms with E-state index in [4.69, 9.17) is 0 Å². The van der Waals surface area contributed by atoms with E-state index in [1.54, 1.807) is 0 Å². The van der Waals surface area contributed by atoms with Crippen molar-refractivity contribution in [1.82, 2.24) is 0 Å². The van der Waals surface area contributed by atoms with Crippen molar-refractivity contribution in [3.8, 4) is 22.3 Å². The lowest BCUT2D eigenvalue weighted by Crippen LogP contribution is -2.58. The molecule has 0 aliphatic carbocycles. The molecule has 0 N–H and O–H groups in total. The van der Waals surface area contributed by atoms with Crippen LogP contribution in [0.2, 0.25) is 26.2 Å². The SMILES string of the molecule is Cc1ccc(C(=O)c2cc(-c3ccc(N4c5ccccc5[Si](C)(C)c5ccccc54)cc3)c(C(=O)c3ccc(C)cc3)cc2-c2ccc(N3c4ccccc4[Si](C)(C)c4ccccc43)cc2)cc1. The number of fused-ring (bicyclic) bond motifs is 4. The predicted octanol–water partition coefficient (Wildman–Crippen LogP) is 13.3. The Morgan fingerprint density at radius 1 is 0.353 bits per heavy atom. The van der Waals surface area contributed by atoms with E-state index >= 15 is 9.59 Å². The van der Waals surface area contributed by atoms with Gasteiger partial charge in [-0.25, -0.2) is 0 Å². The van der Waals surface area contributed by atoms with Crippen LogP contribution in [0.25, 0.3) is 22.3 Å². The van der Waals surface area contributed by atoms with Crippen LogP contribution >= 0.6 is 0 Å². The first kappa shape index (κ1) is 43.0. The number of rotatable bonds is 8. The topological polar surface area (TPSA) is 40.6 Å². The number of carbonyl (C=O) groups is 2. The fraction of sp³-hybridized carbons (Fsp3) is 0.0968. The molecule has 0 aromatic heterocycles. The highest BCUT2D eigenvalue weighted by molar-refractivity contribution is 7.03. The summed E-state index contributed by atoms with van der Waals surface area (Å²) in [6.07, 6.45) is 0. The van der Waals surface area contributed by atoms with E-state index in [-0.39, 0.29) is 11.6 Å². The monoisotopic (exact) mass is 912 g/mol. The van der Waals surface area contributed by atoms with Gasteiger partial charge in [0.15, 0.2) is 11.6 Å². The molecule has 2 aliphatic heterocycles. The first-order chi connectivity index (χ1) is 32.9. The van der Waals surface area contributed by atoms with E-state index in [1.807, 2.05) is 74.5 Å². The average Bonchev–Trinajstić information content (AvgIpc) is 3.37. The Hall–Kier alpha value is -7.65. The van der Waals surface area contributed by atoms with Crippen LogP contribution in [0.4, 0.5) is 34.1 Å². The Morgan fingerprint density at radius 2 is 0.632 bits per heavy atom. The molecule has 9 aromatic carbocycles. The maximum Gasteiger partial charge on any atom is 0.193 e. The van der Waals surface area contributed by atoms with Gasteiger partial charge in [-0.1, -0.05) is 183 Å². The molecule has 0 fully saturated rings. The third kappa shape index (κ3) is 7.11. The third-order valence-electron chi connectivity index (χ3n) is 14.4. The van der Waals surface area contributed by atoms with Gasteiger partial charge in [-0.15, -0.1) is 0 Å².